The molecule has 2 aliphatic carbocycles. The van der Waals surface area contributed by atoms with Crippen molar-refractivity contribution >= 4 is 23.3 Å². The molecular formula is C20H24N2O3. The number of carbonyl (C=O) groups excluding carboxylic acids is 3. The summed E-state index contributed by atoms with van der Waals surface area (Å²) in [5.41, 5.74) is 2.51. The molecule has 1 saturated carbocycles. The number of nitrogens with zero attached hydrogens (tertiary/aromatic N) is 1. The number of hydrogen-bond donors (Lipinski definition) is 1. The number of likely N-dealkylation sites (tertiary alicyclic amines) is 1. The van der Waals surface area contributed by atoms with Gasteiger partial charge in [-0.3, -0.25) is 14.4 Å². The number of piperidine rings is 1. The Morgan fingerprint density at radius 3 is 2.68 bits per heavy atom. The highest BCUT2D eigenvalue weighted by Gasteiger charge is 2.36. The molecule has 0 spiro atoms. The standard InChI is InChI=1S/C20H24N2O3/c23-18-5-1-3-13-8-9-16(11-17(13)18)21-19(24)15-4-2-10-22(12-15)20(25)14-6-7-14/h8-9,11,14-15H,1-7,10,12H2,(H,21,24). The summed E-state index contributed by atoms with van der Waals surface area (Å²) in [6.45, 7) is 1.29. The van der Waals surface area contributed by atoms with E-state index < -0.39 is 0 Å². The maximum Gasteiger partial charge on any atom is 0.229 e. The minimum Gasteiger partial charge on any atom is -0.342 e. The van der Waals surface area contributed by atoms with Crippen molar-refractivity contribution in [3.05, 3.63) is 29.3 Å². The van der Waals surface area contributed by atoms with Gasteiger partial charge < -0.3 is 10.2 Å². The molecule has 1 heterocycles. The van der Waals surface area contributed by atoms with Crippen LogP contribution in [0.4, 0.5) is 5.69 Å². The van der Waals surface area contributed by atoms with E-state index >= 15 is 0 Å². The topological polar surface area (TPSA) is 66.5 Å². The Bertz CT molecular complexity index is 724. The zero-order chi connectivity index (χ0) is 17.4. The van der Waals surface area contributed by atoms with E-state index in [4.69, 9.17) is 0 Å². The molecule has 0 bridgehead atoms. The van der Waals surface area contributed by atoms with Gasteiger partial charge in [0.1, 0.15) is 0 Å². The Labute approximate surface area is 147 Å². The fourth-order valence-electron chi connectivity index (χ4n) is 3.93. The molecule has 0 aromatic heterocycles. The number of carbonyl (C=O) groups is 3. The molecule has 1 aromatic rings. The predicted molar refractivity (Wildman–Crippen MR) is 94.4 cm³/mol. The van der Waals surface area contributed by atoms with Crippen LogP contribution >= 0.6 is 0 Å². The van der Waals surface area contributed by atoms with E-state index in [0.717, 1.165) is 56.2 Å². The van der Waals surface area contributed by atoms with Gasteiger partial charge in [-0.1, -0.05) is 6.07 Å². The molecule has 3 aliphatic rings. The first-order chi connectivity index (χ1) is 12.1. The molecule has 5 heteroatoms. The Balaban J connectivity index is 1.42. The normalized spacial score (nSPS) is 23.1. The molecule has 4 rings (SSSR count). The van der Waals surface area contributed by atoms with Crippen LogP contribution in [0.3, 0.4) is 0 Å². The van der Waals surface area contributed by atoms with E-state index in [1.165, 1.54) is 0 Å². The molecular weight excluding hydrogens is 316 g/mol. The van der Waals surface area contributed by atoms with Crippen LogP contribution in [0.15, 0.2) is 18.2 Å². The summed E-state index contributed by atoms with van der Waals surface area (Å²) in [6, 6.07) is 5.64. The molecule has 1 unspecified atom stereocenters. The average molecular weight is 340 g/mol. The SMILES string of the molecule is O=C1CCCc2ccc(NC(=O)C3CCCN(C(=O)C4CC4)C3)cc21. The Kier molecular flexibility index (Phi) is 4.32. The lowest BCUT2D eigenvalue weighted by atomic mass is 9.90. The molecule has 1 aliphatic heterocycles. The first-order valence-electron chi connectivity index (χ1n) is 9.37. The number of ketones is 1. The minimum absolute atomic E-state index is 0.0449. The third-order valence-corrected chi connectivity index (χ3v) is 5.56. The van der Waals surface area contributed by atoms with E-state index in [0.29, 0.717) is 18.7 Å². The van der Waals surface area contributed by atoms with Gasteiger partial charge in [-0.25, -0.2) is 0 Å². The summed E-state index contributed by atoms with van der Waals surface area (Å²) < 4.78 is 0. The Morgan fingerprint density at radius 1 is 1.04 bits per heavy atom. The molecule has 5 nitrogen and oxygen atoms in total. The fraction of sp³-hybridized carbons (Fsp3) is 0.550. The highest BCUT2D eigenvalue weighted by Crippen LogP contribution is 2.33. The molecule has 1 atom stereocenters. The van der Waals surface area contributed by atoms with Crippen LogP contribution in [-0.4, -0.2) is 35.6 Å². The van der Waals surface area contributed by atoms with Crippen LogP contribution in [0, 0.1) is 11.8 Å². The van der Waals surface area contributed by atoms with Gasteiger partial charge in [0.15, 0.2) is 5.78 Å². The van der Waals surface area contributed by atoms with Crippen molar-refractivity contribution in [2.24, 2.45) is 11.8 Å². The molecule has 2 amide bonds. The van der Waals surface area contributed by atoms with Crippen molar-refractivity contribution in [3.63, 3.8) is 0 Å². The third-order valence-electron chi connectivity index (χ3n) is 5.56. The summed E-state index contributed by atoms with van der Waals surface area (Å²) in [5, 5.41) is 2.96. The number of hydrogen-bond acceptors (Lipinski definition) is 3. The second kappa shape index (κ2) is 6.62. The quantitative estimate of drug-likeness (QED) is 0.920. The molecule has 0 radical (unpaired) electrons. The van der Waals surface area contributed by atoms with Crippen molar-refractivity contribution in [2.75, 3.05) is 18.4 Å². The van der Waals surface area contributed by atoms with Crippen LogP contribution in [0.25, 0.3) is 0 Å². The number of benzene rings is 1. The molecule has 25 heavy (non-hydrogen) atoms. The summed E-state index contributed by atoms with van der Waals surface area (Å²) >= 11 is 0. The van der Waals surface area contributed by atoms with E-state index in [1.807, 2.05) is 23.1 Å². The third kappa shape index (κ3) is 3.46. The lowest BCUT2D eigenvalue weighted by Crippen LogP contribution is -2.44. The highest BCUT2D eigenvalue weighted by molar-refractivity contribution is 6.01. The number of nitrogens with one attached hydrogen (secondary N) is 1. The smallest absolute Gasteiger partial charge is 0.229 e. The van der Waals surface area contributed by atoms with Gasteiger partial charge in [0.2, 0.25) is 11.8 Å². The number of fused-ring (bicyclic) bond motifs is 1. The molecule has 2 fully saturated rings. The number of anilines is 1. The van der Waals surface area contributed by atoms with Gasteiger partial charge in [-0.05, 0) is 56.2 Å². The Morgan fingerprint density at radius 2 is 1.88 bits per heavy atom. The maximum absolute atomic E-state index is 12.6. The van der Waals surface area contributed by atoms with Crippen molar-refractivity contribution in [1.82, 2.24) is 4.90 Å². The number of rotatable bonds is 3. The second-order valence-corrected chi connectivity index (χ2v) is 7.54. The molecule has 1 N–H and O–H groups in total. The Hall–Kier alpha value is -2.17. The predicted octanol–water partition coefficient (Wildman–Crippen LogP) is 2.79. The molecule has 132 valence electrons. The van der Waals surface area contributed by atoms with Gasteiger partial charge in [0, 0.05) is 36.7 Å². The molecule has 1 saturated heterocycles. The largest absolute Gasteiger partial charge is 0.342 e. The summed E-state index contributed by atoms with van der Waals surface area (Å²) in [6.07, 6.45) is 6.10. The number of aryl methyl sites for hydroxylation is 1. The fourth-order valence-corrected chi connectivity index (χ4v) is 3.93. The second-order valence-electron chi connectivity index (χ2n) is 7.54. The minimum atomic E-state index is -0.164. The van der Waals surface area contributed by atoms with Crippen molar-refractivity contribution in [3.8, 4) is 0 Å². The van der Waals surface area contributed by atoms with Crippen LogP contribution in [0.5, 0.6) is 0 Å². The van der Waals surface area contributed by atoms with E-state index in [2.05, 4.69) is 5.32 Å². The molecule has 1 aromatic carbocycles. The number of amides is 2. The summed E-state index contributed by atoms with van der Waals surface area (Å²) in [7, 11) is 0. The van der Waals surface area contributed by atoms with Gasteiger partial charge in [0.05, 0.1) is 5.92 Å². The van der Waals surface area contributed by atoms with Gasteiger partial charge in [-0.15, -0.1) is 0 Å². The highest BCUT2D eigenvalue weighted by atomic mass is 16.2. The van der Waals surface area contributed by atoms with Gasteiger partial charge in [0.25, 0.3) is 0 Å². The lowest BCUT2D eigenvalue weighted by molar-refractivity contribution is -0.135. The maximum atomic E-state index is 12.6. The monoisotopic (exact) mass is 340 g/mol. The van der Waals surface area contributed by atoms with E-state index in [1.54, 1.807) is 0 Å². The van der Waals surface area contributed by atoms with E-state index in [-0.39, 0.29) is 29.4 Å². The van der Waals surface area contributed by atoms with Crippen LogP contribution in [-0.2, 0) is 16.0 Å². The zero-order valence-electron chi connectivity index (χ0n) is 14.4. The lowest BCUT2D eigenvalue weighted by Gasteiger charge is -2.32. The summed E-state index contributed by atoms with van der Waals surface area (Å²) in [5.74, 6) is 0.376. The van der Waals surface area contributed by atoms with Crippen molar-refractivity contribution < 1.29 is 14.4 Å². The zero-order valence-corrected chi connectivity index (χ0v) is 14.4. The van der Waals surface area contributed by atoms with Crippen LogP contribution in [0.2, 0.25) is 0 Å². The van der Waals surface area contributed by atoms with Crippen molar-refractivity contribution in [1.29, 1.82) is 0 Å². The first kappa shape index (κ1) is 16.3. The van der Waals surface area contributed by atoms with Crippen LogP contribution < -0.4 is 5.32 Å². The first-order valence-corrected chi connectivity index (χ1v) is 9.37. The number of Topliss-reactive ketones (excluding diaryl/α,β-unsaturated/α-hetero) is 1. The van der Waals surface area contributed by atoms with Gasteiger partial charge in [-0.2, -0.15) is 0 Å². The van der Waals surface area contributed by atoms with Gasteiger partial charge >= 0.3 is 0 Å². The van der Waals surface area contributed by atoms with E-state index in [9.17, 15) is 14.4 Å². The average Bonchev–Trinajstić information content (AvgIpc) is 3.47. The van der Waals surface area contributed by atoms with Crippen molar-refractivity contribution in [2.45, 2.75) is 44.9 Å². The summed E-state index contributed by atoms with van der Waals surface area (Å²) in [4.78, 5) is 38.8. The van der Waals surface area contributed by atoms with Crippen LogP contribution in [0.1, 0.15) is 54.4 Å².